The van der Waals surface area contributed by atoms with Crippen molar-refractivity contribution in [2.45, 2.75) is 32.2 Å². The summed E-state index contributed by atoms with van der Waals surface area (Å²) in [6.07, 6.45) is 1.53. The first-order valence-electron chi connectivity index (χ1n) is 5.65. The molecule has 0 aliphatic rings. The number of amides is 1. The van der Waals surface area contributed by atoms with Gasteiger partial charge in [-0.1, -0.05) is 13.3 Å². The molecule has 0 aromatic carbocycles. The number of ether oxygens (including phenoxy) is 1. The molecule has 0 bridgehead atoms. The van der Waals surface area contributed by atoms with Crippen LogP contribution in [0, 0.1) is 0 Å². The monoisotopic (exact) mass is 262 g/mol. The van der Waals surface area contributed by atoms with Crippen LogP contribution in [0.1, 0.15) is 26.7 Å². The molecule has 0 radical (unpaired) electrons. The van der Waals surface area contributed by atoms with Crippen molar-refractivity contribution in [3.8, 4) is 0 Å². The van der Waals surface area contributed by atoms with Crippen LogP contribution in [-0.2, 0) is 14.3 Å². The summed E-state index contributed by atoms with van der Waals surface area (Å²) in [5.74, 6) is 0.582. The van der Waals surface area contributed by atoms with E-state index < -0.39 is 5.54 Å². The van der Waals surface area contributed by atoms with Gasteiger partial charge in [0.15, 0.2) is 0 Å². The zero-order valence-corrected chi connectivity index (χ0v) is 11.6. The van der Waals surface area contributed by atoms with E-state index in [-0.39, 0.29) is 11.9 Å². The van der Waals surface area contributed by atoms with E-state index in [1.165, 1.54) is 18.9 Å². The zero-order valence-electron chi connectivity index (χ0n) is 10.7. The Kier molecular flexibility index (Phi) is 7.99. The second kappa shape index (κ2) is 8.36. The maximum Gasteiger partial charge on any atom is 0.315 e. The van der Waals surface area contributed by atoms with Crippen molar-refractivity contribution in [2.75, 3.05) is 25.2 Å². The Morgan fingerprint density at radius 3 is 2.65 bits per heavy atom. The first kappa shape index (κ1) is 16.2. The fourth-order valence-electron chi connectivity index (χ4n) is 1.29. The molecule has 1 atom stereocenters. The van der Waals surface area contributed by atoms with Crippen molar-refractivity contribution in [1.29, 1.82) is 0 Å². The van der Waals surface area contributed by atoms with Crippen LogP contribution in [0.15, 0.2) is 0 Å². The average molecular weight is 262 g/mol. The summed E-state index contributed by atoms with van der Waals surface area (Å²) in [7, 11) is 1.36. The SMILES string of the molecule is CCCC(C)(N)C(=O)NCCSCC(=O)OC. The molecule has 0 aliphatic heterocycles. The molecule has 17 heavy (non-hydrogen) atoms. The summed E-state index contributed by atoms with van der Waals surface area (Å²) in [5, 5.41) is 2.76. The molecule has 1 amide bonds. The molecule has 3 N–H and O–H groups in total. The molecule has 0 rings (SSSR count). The first-order chi connectivity index (χ1) is 7.94. The number of nitrogens with two attached hydrogens (primary N) is 1. The molecule has 0 fully saturated rings. The van der Waals surface area contributed by atoms with Crippen molar-refractivity contribution in [2.24, 2.45) is 5.73 Å². The number of rotatable bonds is 8. The van der Waals surface area contributed by atoms with Crippen LogP contribution < -0.4 is 11.1 Å². The highest BCUT2D eigenvalue weighted by Gasteiger charge is 2.26. The van der Waals surface area contributed by atoms with E-state index in [1.807, 2.05) is 6.92 Å². The first-order valence-corrected chi connectivity index (χ1v) is 6.81. The van der Waals surface area contributed by atoms with Gasteiger partial charge in [0.05, 0.1) is 18.4 Å². The van der Waals surface area contributed by atoms with Gasteiger partial charge in [0.1, 0.15) is 0 Å². The minimum absolute atomic E-state index is 0.141. The molecule has 0 aromatic rings. The second-order valence-corrected chi connectivity index (χ2v) is 5.16. The Hall–Kier alpha value is -0.750. The number of esters is 1. The third-order valence-corrected chi connectivity index (χ3v) is 3.20. The summed E-state index contributed by atoms with van der Waals surface area (Å²) in [6.45, 7) is 4.23. The number of carbonyl (C=O) groups excluding carboxylic acids is 2. The summed E-state index contributed by atoms with van der Waals surface area (Å²) in [5.41, 5.74) is 5.06. The van der Waals surface area contributed by atoms with E-state index in [4.69, 9.17) is 5.73 Å². The normalized spacial score (nSPS) is 13.9. The fourth-order valence-corrected chi connectivity index (χ4v) is 1.96. The molecule has 0 saturated heterocycles. The minimum atomic E-state index is -0.804. The van der Waals surface area contributed by atoms with E-state index in [9.17, 15) is 9.59 Å². The van der Waals surface area contributed by atoms with Crippen molar-refractivity contribution in [3.05, 3.63) is 0 Å². The van der Waals surface area contributed by atoms with Gasteiger partial charge in [0.2, 0.25) is 5.91 Å². The maximum atomic E-state index is 11.7. The Balaban J connectivity index is 3.68. The van der Waals surface area contributed by atoms with Gasteiger partial charge in [0.25, 0.3) is 0 Å². The highest BCUT2D eigenvalue weighted by molar-refractivity contribution is 7.99. The summed E-state index contributed by atoms with van der Waals surface area (Å²) < 4.78 is 4.50. The summed E-state index contributed by atoms with van der Waals surface area (Å²) in [4.78, 5) is 22.5. The molecule has 100 valence electrons. The topological polar surface area (TPSA) is 81.4 Å². The minimum Gasteiger partial charge on any atom is -0.468 e. The highest BCUT2D eigenvalue weighted by Crippen LogP contribution is 2.08. The number of methoxy groups -OCH3 is 1. The molecule has 0 saturated carbocycles. The van der Waals surface area contributed by atoms with E-state index >= 15 is 0 Å². The molecule has 0 spiro atoms. The highest BCUT2D eigenvalue weighted by atomic mass is 32.2. The maximum absolute atomic E-state index is 11.7. The second-order valence-electron chi connectivity index (χ2n) is 4.05. The molecular weight excluding hydrogens is 240 g/mol. The molecule has 1 unspecified atom stereocenters. The van der Waals surface area contributed by atoms with Gasteiger partial charge in [-0.3, -0.25) is 9.59 Å². The van der Waals surface area contributed by atoms with E-state index in [1.54, 1.807) is 6.92 Å². The van der Waals surface area contributed by atoms with Gasteiger partial charge in [-0.15, -0.1) is 11.8 Å². The number of thioether (sulfide) groups is 1. The molecule has 6 heteroatoms. The third kappa shape index (κ3) is 7.23. The van der Waals surface area contributed by atoms with Crippen molar-refractivity contribution in [3.63, 3.8) is 0 Å². The largest absolute Gasteiger partial charge is 0.468 e. The number of carbonyl (C=O) groups is 2. The van der Waals surface area contributed by atoms with Gasteiger partial charge in [-0.05, 0) is 13.3 Å². The predicted molar refractivity (Wildman–Crippen MR) is 69.9 cm³/mol. The van der Waals surface area contributed by atoms with Crippen molar-refractivity contribution < 1.29 is 14.3 Å². The molecular formula is C11H22N2O3S. The third-order valence-electron chi connectivity index (χ3n) is 2.27. The molecule has 0 aliphatic carbocycles. The Morgan fingerprint density at radius 2 is 2.12 bits per heavy atom. The molecule has 0 heterocycles. The van der Waals surface area contributed by atoms with Crippen LogP contribution >= 0.6 is 11.8 Å². The molecule has 5 nitrogen and oxygen atoms in total. The van der Waals surface area contributed by atoms with E-state index in [2.05, 4.69) is 10.1 Å². The van der Waals surface area contributed by atoms with E-state index in [0.29, 0.717) is 24.5 Å². The Bertz CT molecular complexity index is 257. The lowest BCUT2D eigenvalue weighted by molar-refractivity contribution is -0.137. The lowest BCUT2D eigenvalue weighted by Gasteiger charge is -2.22. The van der Waals surface area contributed by atoms with Crippen LogP contribution in [0.25, 0.3) is 0 Å². The lowest BCUT2D eigenvalue weighted by Crippen LogP contribution is -2.51. The summed E-state index contributed by atoms with van der Waals surface area (Å²) in [6, 6.07) is 0. The van der Waals surface area contributed by atoms with Gasteiger partial charge in [-0.25, -0.2) is 0 Å². The summed E-state index contributed by atoms with van der Waals surface area (Å²) >= 11 is 1.42. The standard InChI is InChI=1S/C11H22N2O3S/c1-4-5-11(2,12)10(15)13-6-7-17-8-9(14)16-3/h4-8,12H2,1-3H3,(H,13,15). The Labute approximate surface area is 107 Å². The van der Waals surface area contributed by atoms with Gasteiger partial charge >= 0.3 is 5.97 Å². The van der Waals surface area contributed by atoms with E-state index in [0.717, 1.165) is 6.42 Å². The van der Waals surface area contributed by atoms with Crippen LogP contribution in [0.2, 0.25) is 0 Å². The smallest absolute Gasteiger partial charge is 0.315 e. The molecule has 0 aromatic heterocycles. The average Bonchev–Trinajstić information content (AvgIpc) is 2.27. The fraction of sp³-hybridized carbons (Fsp3) is 0.818. The quantitative estimate of drug-likeness (QED) is 0.492. The van der Waals surface area contributed by atoms with Crippen molar-refractivity contribution >= 4 is 23.6 Å². The van der Waals surface area contributed by atoms with Crippen LogP contribution in [-0.4, -0.2) is 42.6 Å². The van der Waals surface area contributed by atoms with Crippen LogP contribution in [0.5, 0.6) is 0 Å². The lowest BCUT2D eigenvalue weighted by atomic mass is 9.97. The van der Waals surface area contributed by atoms with Crippen LogP contribution in [0.3, 0.4) is 0 Å². The van der Waals surface area contributed by atoms with Gasteiger partial charge in [0, 0.05) is 12.3 Å². The Morgan fingerprint density at radius 1 is 1.47 bits per heavy atom. The van der Waals surface area contributed by atoms with Crippen LogP contribution in [0.4, 0.5) is 0 Å². The number of nitrogens with one attached hydrogen (secondary N) is 1. The van der Waals surface area contributed by atoms with Gasteiger partial charge in [-0.2, -0.15) is 0 Å². The van der Waals surface area contributed by atoms with Crippen molar-refractivity contribution in [1.82, 2.24) is 5.32 Å². The predicted octanol–water partition coefficient (Wildman–Crippen LogP) is 0.526. The van der Waals surface area contributed by atoms with Gasteiger partial charge < -0.3 is 15.8 Å². The number of hydrogen-bond acceptors (Lipinski definition) is 5. The number of hydrogen-bond donors (Lipinski definition) is 2. The zero-order chi connectivity index (χ0) is 13.3.